The monoisotopic (exact) mass is 341 g/mol. The van der Waals surface area contributed by atoms with Crippen molar-refractivity contribution in [2.24, 2.45) is 23.2 Å². The molecular formula is C21H27NO3. The Morgan fingerprint density at radius 2 is 2.20 bits per heavy atom. The average molecular weight is 341 g/mol. The summed E-state index contributed by atoms with van der Waals surface area (Å²) in [6.45, 7) is 3.18. The van der Waals surface area contributed by atoms with Gasteiger partial charge in [-0.15, -0.1) is 0 Å². The molecule has 4 heteroatoms. The Hall–Kier alpha value is -1.71. The van der Waals surface area contributed by atoms with Crippen LogP contribution >= 0.6 is 0 Å². The van der Waals surface area contributed by atoms with Crippen molar-refractivity contribution in [3.05, 3.63) is 29.3 Å². The highest BCUT2D eigenvalue weighted by Crippen LogP contribution is 2.63. The van der Waals surface area contributed by atoms with Crippen molar-refractivity contribution in [2.45, 2.75) is 51.0 Å². The zero-order chi connectivity index (χ0) is 17.2. The number of fused-ring (bicyclic) bond motifs is 7. The van der Waals surface area contributed by atoms with E-state index in [0.717, 1.165) is 24.6 Å². The molecule has 0 bridgehead atoms. The van der Waals surface area contributed by atoms with Crippen molar-refractivity contribution in [1.82, 2.24) is 5.32 Å². The highest BCUT2D eigenvalue weighted by molar-refractivity contribution is 5.68. The SMILES string of the molecule is COc1ccc2c(c1)CC[C@@H]1[C@@H]2CC[C@]2(C)[C@@H]3OC(=O)NC[C@@H]3C[C@@H]12. The van der Waals surface area contributed by atoms with Gasteiger partial charge in [-0.2, -0.15) is 0 Å². The van der Waals surface area contributed by atoms with E-state index >= 15 is 0 Å². The molecule has 0 unspecified atom stereocenters. The largest absolute Gasteiger partial charge is 0.497 e. The van der Waals surface area contributed by atoms with Crippen LogP contribution in [0.25, 0.3) is 0 Å². The average Bonchev–Trinajstić information content (AvgIpc) is 2.93. The molecule has 1 saturated heterocycles. The topological polar surface area (TPSA) is 47.6 Å². The van der Waals surface area contributed by atoms with Crippen LogP contribution in [-0.4, -0.2) is 25.9 Å². The predicted molar refractivity (Wildman–Crippen MR) is 94.8 cm³/mol. The molecule has 0 aromatic heterocycles. The third kappa shape index (κ3) is 2.15. The number of alkyl carbamates (subject to hydrolysis) is 1. The normalized spacial score (nSPS) is 41.5. The van der Waals surface area contributed by atoms with E-state index in [9.17, 15) is 4.79 Å². The lowest BCUT2D eigenvalue weighted by Gasteiger charge is -2.50. The minimum Gasteiger partial charge on any atom is -0.497 e. The molecule has 5 rings (SSSR count). The minimum absolute atomic E-state index is 0.115. The molecule has 1 aliphatic heterocycles. The molecule has 0 spiro atoms. The van der Waals surface area contributed by atoms with Crippen LogP contribution in [-0.2, 0) is 11.2 Å². The molecule has 134 valence electrons. The lowest BCUT2D eigenvalue weighted by atomic mass is 9.55. The first-order valence-electron chi connectivity index (χ1n) is 9.71. The molecule has 25 heavy (non-hydrogen) atoms. The quantitative estimate of drug-likeness (QED) is 0.843. The molecule has 2 saturated carbocycles. The maximum absolute atomic E-state index is 11.8. The van der Waals surface area contributed by atoms with E-state index in [2.05, 4.69) is 30.4 Å². The van der Waals surface area contributed by atoms with Crippen LogP contribution in [0.2, 0.25) is 0 Å². The van der Waals surface area contributed by atoms with Crippen LogP contribution in [0.5, 0.6) is 5.75 Å². The first-order chi connectivity index (χ1) is 12.1. The van der Waals surface area contributed by atoms with E-state index in [1.54, 1.807) is 12.7 Å². The first-order valence-corrected chi connectivity index (χ1v) is 9.71. The number of hydrogen-bond donors (Lipinski definition) is 1. The fourth-order valence-electron chi connectivity index (χ4n) is 6.61. The van der Waals surface area contributed by atoms with Crippen LogP contribution < -0.4 is 10.1 Å². The summed E-state index contributed by atoms with van der Waals surface area (Å²) in [6.07, 6.45) is 5.88. The van der Waals surface area contributed by atoms with Crippen LogP contribution in [0, 0.1) is 23.2 Å². The molecule has 4 aliphatic rings. The van der Waals surface area contributed by atoms with Crippen molar-refractivity contribution in [1.29, 1.82) is 0 Å². The second-order valence-corrected chi connectivity index (χ2v) is 8.73. The first kappa shape index (κ1) is 15.5. The zero-order valence-electron chi connectivity index (χ0n) is 15.1. The van der Waals surface area contributed by atoms with Gasteiger partial charge >= 0.3 is 6.09 Å². The molecular weight excluding hydrogens is 314 g/mol. The second kappa shape index (κ2) is 5.39. The van der Waals surface area contributed by atoms with Crippen LogP contribution in [0.15, 0.2) is 18.2 Å². The third-order valence-electron chi connectivity index (χ3n) is 7.75. The number of aryl methyl sites for hydroxylation is 1. The number of carbonyl (C=O) groups is 1. The number of nitrogens with one attached hydrogen (secondary N) is 1. The smallest absolute Gasteiger partial charge is 0.407 e. The molecule has 4 nitrogen and oxygen atoms in total. The van der Waals surface area contributed by atoms with Crippen LogP contribution in [0.4, 0.5) is 4.79 Å². The molecule has 3 aliphatic carbocycles. The van der Waals surface area contributed by atoms with E-state index in [4.69, 9.17) is 9.47 Å². The highest BCUT2D eigenvalue weighted by Gasteiger charge is 2.60. The number of amides is 1. The Bertz CT molecular complexity index is 717. The Morgan fingerprint density at radius 3 is 3.04 bits per heavy atom. The minimum atomic E-state index is -0.216. The van der Waals surface area contributed by atoms with Crippen LogP contribution in [0.1, 0.15) is 49.7 Å². The predicted octanol–water partition coefficient (Wildman–Crippen LogP) is 3.89. The van der Waals surface area contributed by atoms with Crippen molar-refractivity contribution in [3.63, 3.8) is 0 Å². The summed E-state index contributed by atoms with van der Waals surface area (Å²) in [5.41, 5.74) is 3.19. The molecule has 1 amide bonds. The molecule has 0 radical (unpaired) electrons. The Kier molecular flexibility index (Phi) is 3.35. The summed E-state index contributed by atoms with van der Waals surface area (Å²) in [5.74, 6) is 3.52. The van der Waals surface area contributed by atoms with Crippen molar-refractivity contribution >= 4 is 6.09 Å². The van der Waals surface area contributed by atoms with Gasteiger partial charge < -0.3 is 14.8 Å². The Balaban J connectivity index is 1.47. The molecule has 1 heterocycles. The summed E-state index contributed by atoms with van der Waals surface area (Å²) in [4.78, 5) is 11.8. The van der Waals surface area contributed by atoms with E-state index in [1.807, 2.05) is 0 Å². The fourth-order valence-corrected chi connectivity index (χ4v) is 6.61. The highest BCUT2D eigenvalue weighted by atomic mass is 16.6. The summed E-state index contributed by atoms with van der Waals surface area (Å²) >= 11 is 0. The molecule has 6 atom stereocenters. The van der Waals surface area contributed by atoms with Crippen molar-refractivity contribution in [2.75, 3.05) is 13.7 Å². The van der Waals surface area contributed by atoms with Crippen LogP contribution in [0.3, 0.4) is 0 Å². The van der Waals surface area contributed by atoms with E-state index in [1.165, 1.54) is 31.2 Å². The van der Waals surface area contributed by atoms with Gasteiger partial charge in [-0.05, 0) is 73.1 Å². The fraction of sp³-hybridized carbons (Fsp3) is 0.667. The number of hydrogen-bond acceptors (Lipinski definition) is 3. The summed E-state index contributed by atoms with van der Waals surface area (Å²) in [7, 11) is 1.75. The van der Waals surface area contributed by atoms with Gasteiger partial charge in [0.25, 0.3) is 0 Å². The Morgan fingerprint density at radius 1 is 1.32 bits per heavy atom. The molecule has 1 N–H and O–H groups in total. The van der Waals surface area contributed by atoms with Gasteiger partial charge in [0.05, 0.1) is 7.11 Å². The van der Waals surface area contributed by atoms with E-state index < -0.39 is 0 Å². The Labute approximate surface area is 149 Å². The standard InChI is InChI=1S/C21H27NO3/c1-21-8-7-16-15-6-4-14(24-2)9-12(15)3-5-17(16)18(21)10-13-11-22-20(23)25-19(13)21/h4,6,9,13,16-19H,3,5,7-8,10-11H2,1-2H3,(H,22,23)/t13-,16+,17+,18-,19+,21-/m0/s1. The van der Waals surface area contributed by atoms with E-state index in [-0.39, 0.29) is 17.6 Å². The summed E-state index contributed by atoms with van der Waals surface area (Å²) < 4.78 is 11.2. The van der Waals surface area contributed by atoms with Gasteiger partial charge in [-0.1, -0.05) is 13.0 Å². The number of methoxy groups -OCH3 is 1. The maximum Gasteiger partial charge on any atom is 0.407 e. The van der Waals surface area contributed by atoms with Gasteiger partial charge in [0.1, 0.15) is 11.9 Å². The van der Waals surface area contributed by atoms with Crippen molar-refractivity contribution < 1.29 is 14.3 Å². The summed E-state index contributed by atoms with van der Waals surface area (Å²) in [5, 5.41) is 2.91. The van der Waals surface area contributed by atoms with E-state index in [0.29, 0.717) is 17.8 Å². The molecule has 1 aromatic carbocycles. The molecule has 1 aromatic rings. The number of benzene rings is 1. The molecule has 3 fully saturated rings. The van der Waals surface area contributed by atoms with Gasteiger partial charge in [-0.25, -0.2) is 4.79 Å². The third-order valence-corrected chi connectivity index (χ3v) is 7.75. The zero-order valence-corrected chi connectivity index (χ0v) is 15.1. The number of rotatable bonds is 1. The van der Waals surface area contributed by atoms with Gasteiger partial charge in [0.2, 0.25) is 0 Å². The maximum atomic E-state index is 11.8. The van der Waals surface area contributed by atoms with Gasteiger partial charge in [-0.3, -0.25) is 0 Å². The number of carbonyl (C=O) groups excluding carboxylic acids is 1. The second-order valence-electron chi connectivity index (χ2n) is 8.73. The number of ether oxygens (including phenoxy) is 2. The lowest BCUT2D eigenvalue weighted by Crippen LogP contribution is -2.50. The van der Waals surface area contributed by atoms with Gasteiger partial charge in [0.15, 0.2) is 0 Å². The van der Waals surface area contributed by atoms with Crippen molar-refractivity contribution in [3.8, 4) is 5.75 Å². The van der Waals surface area contributed by atoms with Gasteiger partial charge in [0, 0.05) is 17.9 Å². The lowest BCUT2D eigenvalue weighted by molar-refractivity contribution is -0.0503. The summed E-state index contributed by atoms with van der Waals surface area (Å²) in [6, 6.07) is 6.66.